The Bertz CT molecular complexity index is 606. The van der Waals surface area contributed by atoms with Crippen LogP contribution in [0.5, 0.6) is 0 Å². The first-order valence-electron chi connectivity index (χ1n) is 6.16. The molecule has 0 unspecified atom stereocenters. The predicted octanol–water partition coefficient (Wildman–Crippen LogP) is 2.31. The van der Waals surface area contributed by atoms with Crippen LogP contribution in [0.3, 0.4) is 0 Å². The maximum absolute atomic E-state index is 12.0. The molecule has 0 spiro atoms. The number of carbonyl (C=O) groups is 1. The lowest BCUT2D eigenvalue weighted by molar-refractivity contribution is 0.0949. The second kappa shape index (κ2) is 5.13. The summed E-state index contributed by atoms with van der Waals surface area (Å²) in [6, 6.07) is 7.83. The topological polar surface area (TPSA) is 59.8 Å². The molecule has 19 heavy (non-hydrogen) atoms. The Balaban J connectivity index is 1.65. The zero-order chi connectivity index (χ0) is 13.2. The van der Waals surface area contributed by atoms with Crippen LogP contribution < -0.4 is 5.32 Å². The summed E-state index contributed by atoms with van der Waals surface area (Å²) in [4.78, 5) is 12.0. The summed E-state index contributed by atoms with van der Waals surface area (Å²) in [5.41, 5.74) is 0.631. The molecule has 1 aliphatic rings. The van der Waals surface area contributed by atoms with Crippen LogP contribution in [-0.2, 0) is 6.54 Å². The highest BCUT2D eigenvalue weighted by Crippen LogP contribution is 2.35. The van der Waals surface area contributed by atoms with Crippen LogP contribution in [0.4, 0.5) is 0 Å². The molecular weight excluding hydrogens is 308 g/mol. The van der Waals surface area contributed by atoms with Crippen molar-refractivity contribution >= 4 is 21.8 Å². The third kappa shape index (κ3) is 2.84. The van der Waals surface area contributed by atoms with Crippen LogP contribution in [0.2, 0.25) is 0 Å². The molecule has 3 rings (SSSR count). The lowest BCUT2D eigenvalue weighted by Crippen LogP contribution is -2.24. The number of halogens is 1. The quantitative estimate of drug-likeness (QED) is 0.940. The summed E-state index contributed by atoms with van der Waals surface area (Å²) in [7, 11) is 0. The molecule has 1 aliphatic carbocycles. The van der Waals surface area contributed by atoms with Crippen molar-refractivity contribution in [1.82, 2.24) is 20.1 Å². The predicted molar refractivity (Wildman–Crippen MR) is 73.6 cm³/mol. The number of rotatable bonds is 4. The number of hydrogen-bond acceptors (Lipinski definition) is 3. The highest BCUT2D eigenvalue weighted by molar-refractivity contribution is 9.10. The van der Waals surface area contributed by atoms with Gasteiger partial charge in [0, 0.05) is 16.1 Å². The molecule has 1 N–H and O–H groups in total. The minimum absolute atomic E-state index is 0.105. The summed E-state index contributed by atoms with van der Waals surface area (Å²) in [6.07, 6.45) is 4.08. The van der Waals surface area contributed by atoms with E-state index in [0.29, 0.717) is 18.2 Å². The third-order valence-corrected chi connectivity index (χ3v) is 3.57. The van der Waals surface area contributed by atoms with Gasteiger partial charge < -0.3 is 9.88 Å². The van der Waals surface area contributed by atoms with Gasteiger partial charge >= 0.3 is 0 Å². The molecule has 6 heteroatoms. The van der Waals surface area contributed by atoms with E-state index >= 15 is 0 Å². The highest BCUT2D eigenvalue weighted by atomic mass is 79.9. The maximum Gasteiger partial charge on any atom is 0.251 e. The molecule has 0 radical (unpaired) electrons. The van der Waals surface area contributed by atoms with Crippen LogP contribution in [0.25, 0.3) is 0 Å². The van der Waals surface area contributed by atoms with E-state index < -0.39 is 0 Å². The maximum atomic E-state index is 12.0. The summed E-state index contributed by atoms with van der Waals surface area (Å²) in [5.74, 6) is 0.706. The lowest BCUT2D eigenvalue weighted by atomic mass is 10.2. The number of carbonyl (C=O) groups excluding carboxylic acids is 1. The number of nitrogens with zero attached hydrogens (tertiary/aromatic N) is 3. The molecule has 5 nitrogen and oxygen atoms in total. The summed E-state index contributed by atoms with van der Waals surface area (Å²) in [6.45, 7) is 0.405. The normalized spacial score (nSPS) is 14.4. The van der Waals surface area contributed by atoms with E-state index in [9.17, 15) is 4.79 Å². The van der Waals surface area contributed by atoms with Crippen LogP contribution in [-0.4, -0.2) is 20.7 Å². The molecule has 1 saturated carbocycles. The van der Waals surface area contributed by atoms with Crippen molar-refractivity contribution in [3.8, 4) is 0 Å². The summed E-state index contributed by atoms with van der Waals surface area (Å²) >= 11 is 3.35. The van der Waals surface area contributed by atoms with Gasteiger partial charge in [-0.05, 0) is 31.0 Å². The Morgan fingerprint density at radius 2 is 2.32 bits per heavy atom. The van der Waals surface area contributed by atoms with Crippen molar-refractivity contribution in [3.63, 3.8) is 0 Å². The molecule has 0 saturated heterocycles. The highest BCUT2D eigenvalue weighted by Gasteiger charge is 2.26. The van der Waals surface area contributed by atoms with Gasteiger partial charge in [0.15, 0.2) is 5.82 Å². The van der Waals surface area contributed by atoms with Crippen LogP contribution >= 0.6 is 15.9 Å². The van der Waals surface area contributed by atoms with Crippen LogP contribution in [0.15, 0.2) is 35.1 Å². The van der Waals surface area contributed by atoms with Crippen molar-refractivity contribution in [3.05, 3.63) is 46.5 Å². The van der Waals surface area contributed by atoms with Crippen molar-refractivity contribution < 1.29 is 4.79 Å². The molecule has 2 aromatic rings. The summed E-state index contributed by atoms with van der Waals surface area (Å²) in [5, 5.41) is 10.8. The van der Waals surface area contributed by atoms with Gasteiger partial charge in [0.25, 0.3) is 5.91 Å². The van der Waals surface area contributed by atoms with Crippen molar-refractivity contribution in [2.24, 2.45) is 0 Å². The molecule has 0 bridgehead atoms. The van der Waals surface area contributed by atoms with Gasteiger partial charge in [0.1, 0.15) is 6.33 Å². The molecule has 1 aromatic heterocycles. The molecule has 98 valence electrons. The van der Waals surface area contributed by atoms with Crippen molar-refractivity contribution in [1.29, 1.82) is 0 Å². The third-order valence-electron chi connectivity index (χ3n) is 3.08. The Hall–Kier alpha value is -1.69. The van der Waals surface area contributed by atoms with Gasteiger partial charge in [-0.2, -0.15) is 0 Å². The second-order valence-corrected chi connectivity index (χ2v) is 5.49. The van der Waals surface area contributed by atoms with E-state index in [1.165, 1.54) is 12.8 Å². The Morgan fingerprint density at radius 3 is 3.05 bits per heavy atom. The molecule has 1 heterocycles. The number of nitrogens with one attached hydrogen (secondary N) is 1. The van der Waals surface area contributed by atoms with Gasteiger partial charge in [-0.1, -0.05) is 22.0 Å². The Kier molecular flexibility index (Phi) is 3.33. The molecule has 1 aromatic carbocycles. The first-order chi connectivity index (χ1) is 9.24. The largest absolute Gasteiger partial charge is 0.345 e. The molecule has 0 aliphatic heterocycles. The standard InChI is InChI=1S/C13H13BrN4O/c14-10-3-1-2-9(6-10)13(19)15-7-12-17-16-8-18(12)11-4-5-11/h1-3,6,8,11H,4-5,7H2,(H,15,19). The molecule has 0 atom stereocenters. The lowest BCUT2D eigenvalue weighted by Gasteiger charge is -2.07. The van der Waals surface area contributed by atoms with Crippen LogP contribution in [0, 0.1) is 0 Å². The Morgan fingerprint density at radius 1 is 1.47 bits per heavy atom. The average Bonchev–Trinajstić information content (AvgIpc) is 3.15. The van der Waals surface area contributed by atoms with Gasteiger partial charge in [-0.15, -0.1) is 10.2 Å². The fourth-order valence-corrected chi connectivity index (χ4v) is 2.34. The van der Waals surface area contributed by atoms with Gasteiger partial charge in [-0.3, -0.25) is 4.79 Å². The zero-order valence-corrected chi connectivity index (χ0v) is 11.8. The molecule has 1 fully saturated rings. The van der Waals surface area contributed by atoms with E-state index in [0.717, 1.165) is 10.3 Å². The second-order valence-electron chi connectivity index (χ2n) is 4.58. The fourth-order valence-electron chi connectivity index (χ4n) is 1.94. The average molecular weight is 321 g/mol. The first-order valence-corrected chi connectivity index (χ1v) is 6.95. The monoisotopic (exact) mass is 320 g/mol. The van der Waals surface area contributed by atoms with Crippen molar-refractivity contribution in [2.45, 2.75) is 25.4 Å². The Labute approximate surface area is 119 Å². The van der Waals surface area contributed by atoms with Crippen LogP contribution in [0.1, 0.15) is 35.1 Å². The van der Waals surface area contributed by atoms with E-state index in [1.807, 2.05) is 16.7 Å². The van der Waals surface area contributed by atoms with Crippen molar-refractivity contribution in [2.75, 3.05) is 0 Å². The van der Waals surface area contributed by atoms with Gasteiger partial charge in [0.2, 0.25) is 0 Å². The minimum Gasteiger partial charge on any atom is -0.345 e. The molecular formula is C13H13BrN4O. The van der Waals surface area contributed by atoms with E-state index in [2.05, 4.69) is 31.4 Å². The molecule has 1 amide bonds. The summed E-state index contributed by atoms with van der Waals surface area (Å²) < 4.78 is 2.93. The smallest absolute Gasteiger partial charge is 0.251 e. The van der Waals surface area contributed by atoms with E-state index in [1.54, 1.807) is 18.5 Å². The number of hydrogen-bond donors (Lipinski definition) is 1. The van der Waals surface area contributed by atoms with Gasteiger partial charge in [0.05, 0.1) is 6.54 Å². The zero-order valence-electron chi connectivity index (χ0n) is 10.2. The van der Waals surface area contributed by atoms with E-state index in [-0.39, 0.29) is 5.91 Å². The number of aromatic nitrogens is 3. The number of amides is 1. The fraction of sp³-hybridized carbons (Fsp3) is 0.308. The number of benzene rings is 1. The van der Waals surface area contributed by atoms with E-state index in [4.69, 9.17) is 0 Å². The van der Waals surface area contributed by atoms with Gasteiger partial charge in [-0.25, -0.2) is 0 Å². The minimum atomic E-state index is -0.105. The first kappa shape index (κ1) is 12.3. The SMILES string of the molecule is O=C(NCc1nncn1C1CC1)c1cccc(Br)c1.